The molecule has 1 fully saturated rings. The molecular weight excluding hydrogens is 296 g/mol. The molecule has 0 aliphatic heterocycles. The Morgan fingerprint density at radius 3 is 2.90 bits per heavy atom. The van der Waals surface area contributed by atoms with Crippen molar-refractivity contribution < 1.29 is 4.92 Å². The molecule has 0 spiro atoms. The van der Waals surface area contributed by atoms with Crippen LogP contribution in [0, 0.1) is 10.1 Å². The van der Waals surface area contributed by atoms with Crippen molar-refractivity contribution in [2.24, 2.45) is 0 Å². The molecule has 0 bridgehead atoms. The quantitative estimate of drug-likeness (QED) is 0.501. The van der Waals surface area contributed by atoms with E-state index in [2.05, 4.69) is 25.5 Å². The summed E-state index contributed by atoms with van der Waals surface area (Å²) in [5.41, 5.74) is 5.29. The molecule has 0 radical (unpaired) electrons. The lowest BCUT2D eigenvalue weighted by Gasteiger charge is -2.10. The zero-order chi connectivity index (χ0) is 14.8. The van der Waals surface area contributed by atoms with Gasteiger partial charge in [0.1, 0.15) is 6.20 Å². The van der Waals surface area contributed by atoms with Crippen molar-refractivity contribution in [2.75, 3.05) is 5.73 Å². The third kappa shape index (κ3) is 2.77. The highest BCUT2D eigenvalue weighted by atomic mass is 32.2. The summed E-state index contributed by atoms with van der Waals surface area (Å²) < 4.78 is 1.71. The van der Waals surface area contributed by atoms with E-state index < -0.39 is 4.92 Å². The number of hydrogen-bond donors (Lipinski definition) is 1. The Bertz CT molecular complexity index is 669. The second-order valence-corrected chi connectivity index (χ2v) is 5.58. The van der Waals surface area contributed by atoms with Crippen LogP contribution in [0.1, 0.15) is 31.7 Å². The van der Waals surface area contributed by atoms with Crippen LogP contribution >= 0.6 is 11.8 Å². The van der Waals surface area contributed by atoms with Gasteiger partial charge >= 0.3 is 5.69 Å². The fourth-order valence-electron chi connectivity index (χ4n) is 2.29. The minimum absolute atomic E-state index is 0.0250. The summed E-state index contributed by atoms with van der Waals surface area (Å²) in [6.07, 6.45) is 5.37. The van der Waals surface area contributed by atoms with Crippen molar-refractivity contribution in [3.8, 4) is 0 Å². The molecule has 2 N–H and O–H groups in total. The molecule has 11 heteroatoms. The summed E-state index contributed by atoms with van der Waals surface area (Å²) in [5.74, 6) is -0.0250. The van der Waals surface area contributed by atoms with E-state index in [1.54, 1.807) is 4.68 Å². The number of nitro groups is 1. The van der Waals surface area contributed by atoms with Crippen LogP contribution in [0.4, 0.5) is 11.6 Å². The normalized spacial score (nSPS) is 15.4. The lowest BCUT2D eigenvalue weighted by atomic mass is 10.3. The summed E-state index contributed by atoms with van der Waals surface area (Å²) in [5, 5.41) is 23.2. The lowest BCUT2D eigenvalue weighted by molar-refractivity contribution is -0.388. The monoisotopic (exact) mass is 308 g/mol. The maximum absolute atomic E-state index is 11.0. The molecular formula is C10H12N8O2S. The van der Waals surface area contributed by atoms with Gasteiger partial charge in [-0.15, -0.1) is 5.10 Å². The predicted molar refractivity (Wildman–Crippen MR) is 72.5 cm³/mol. The number of nitrogens with two attached hydrogens (primary N) is 1. The average Bonchev–Trinajstić information content (AvgIpc) is 3.08. The van der Waals surface area contributed by atoms with Gasteiger partial charge in [0, 0.05) is 0 Å². The highest BCUT2D eigenvalue weighted by molar-refractivity contribution is 7.99. The molecule has 10 nitrogen and oxygen atoms in total. The Hall–Kier alpha value is -2.30. The van der Waals surface area contributed by atoms with Crippen LogP contribution in [0.25, 0.3) is 0 Å². The Labute approximate surface area is 123 Å². The summed E-state index contributed by atoms with van der Waals surface area (Å²) in [4.78, 5) is 18.0. The van der Waals surface area contributed by atoms with Gasteiger partial charge in [-0.25, -0.2) is 9.67 Å². The molecule has 0 amide bonds. The summed E-state index contributed by atoms with van der Waals surface area (Å²) in [6.45, 7) is 0. The summed E-state index contributed by atoms with van der Waals surface area (Å²) in [6, 6.07) is 0.237. The Morgan fingerprint density at radius 1 is 1.43 bits per heavy atom. The Morgan fingerprint density at radius 2 is 2.19 bits per heavy atom. The zero-order valence-electron chi connectivity index (χ0n) is 10.9. The standard InChI is InChI=1S/C10H12N8O2S/c11-9-12-5-7(18(19)20)8(13-9)21-10-14-15-16-17(10)6-3-1-2-4-6/h5-6H,1-4H2,(H2,11,12,13). The SMILES string of the molecule is Nc1ncc([N+](=O)[O-])c(Sc2nnnn2C2CCCC2)n1. The highest BCUT2D eigenvalue weighted by Crippen LogP contribution is 2.35. The van der Waals surface area contributed by atoms with E-state index in [0.29, 0.717) is 5.16 Å². The molecule has 1 aliphatic rings. The largest absolute Gasteiger partial charge is 0.368 e. The number of tetrazole rings is 1. The third-order valence-corrected chi connectivity index (χ3v) is 4.22. The molecule has 0 unspecified atom stereocenters. The van der Waals surface area contributed by atoms with Crippen molar-refractivity contribution in [3.63, 3.8) is 0 Å². The second-order valence-electron chi connectivity index (χ2n) is 4.62. The molecule has 21 heavy (non-hydrogen) atoms. The predicted octanol–water partition coefficient (Wildman–Crippen LogP) is 1.22. The number of rotatable bonds is 4. The van der Waals surface area contributed by atoms with Crippen molar-refractivity contribution >= 4 is 23.4 Å². The van der Waals surface area contributed by atoms with E-state index in [-0.39, 0.29) is 22.7 Å². The molecule has 1 aliphatic carbocycles. The van der Waals surface area contributed by atoms with Crippen LogP contribution in [0.15, 0.2) is 16.4 Å². The molecule has 3 rings (SSSR count). The van der Waals surface area contributed by atoms with E-state index >= 15 is 0 Å². The maximum Gasteiger partial charge on any atom is 0.320 e. The number of nitrogens with zero attached hydrogens (tertiary/aromatic N) is 7. The number of anilines is 1. The first-order valence-electron chi connectivity index (χ1n) is 6.38. The van der Waals surface area contributed by atoms with Crippen LogP contribution in [-0.4, -0.2) is 35.1 Å². The molecule has 2 heterocycles. The number of nitrogen functional groups attached to an aromatic ring is 1. The van der Waals surface area contributed by atoms with Gasteiger partial charge in [-0.2, -0.15) is 4.98 Å². The lowest BCUT2D eigenvalue weighted by Crippen LogP contribution is -2.08. The second kappa shape index (κ2) is 5.60. The highest BCUT2D eigenvalue weighted by Gasteiger charge is 2.25. The first kappa shape index (κ1) is 13.7. The summed E-state index contributed by atoms with van der Waals surface area (Å²) in [7, 11) is 0. The van der Waals surface area contributed by atoms with E-state index in [9.17, 15) is 10.1 Å². The van der Waals surface area contributed by atoms with E-state index in [1.807, 2.05) is 0 Å². The van der Waals surface area contributed by atoms with Crippen LogP contribution in [0.3, 0.4) is 0 Å². The smallest absolute Gasteiger partial charge is 0.320 e. The minimum Gasteiger partial charge on any atom is -0.368 e. The van der Waals surface area contributed by atoms with Gasteiger partial charge in [0.05, 0.1) is 11.0 Å². The van der Waals surface area contributed by atoms with Crippen LogP contribution in [0.2, 0.25) is 0 Å². The molecule has 1 saturated carbocycles. The fourth-order valence-corrected chi connectivity index (χ4v) is 3.19. The molecule has 0 aromatic carbocycles. The molecule has 0 atom stereocenters. The topological polar surface area (TPSA) is 139 Å². The Kier molecular flexibility index (Phi) is 3.64. The Balaban J connectivity index is 1.92. The van der Waals surface area contributed by atoms with Crippen LogP contribution in [-0.2, 0) is 0 Å². The van der Waals surface area contributed by atoms with E-state index in [1.165, 1.54) is 0 Å². The molecule has 110 valence electrons. The maximum atomic E-state index is 11.0. The third-order valence-electron chi connectivity index (χ3n) is 3.27. The van der Waals surface area contributed by atoms with Crippen LogP contribution in [0.5, 0.6) is 0 Å². The van der Waals surface area contributed by atoms with Crippen LogP contribution < -0.4 is 5.73 Å². The molecule has 0 saturated heterocycles. The average molecular weight is 308 g/mol. The van der Waals surface area contributed by atoms with Crippen molar-refractivity contribution in [1.29, 1.82) is 0 Å². The first-order valence-corrected chi connectivity index (χ1v) is 7.19. The summed E-state index contributed by atoms with van der Waals surface area (Å²) >= 11 is 1.03. The van der Waals surface area contributed by atoms with Gasteiger partial charge in [0.25, 0.3) is 0 Å². The van der Waals surface area contributed by atoms with E-state index in [4.69, 9.17) is 5.73 Å². The van der Waals surface area contributed by atoms with Gasteiger partial charge in [-0.3, -0.25) is 10.1 Å². The zero-order valence-corrected chi connectivity index (χ0v) is 11.7. The van der Waals surface area contributed by atoms with Gasteiger partial charge < -0.3 is 5.73 Å². The van der Waals surface area contributed by atoms with E-state index in [0.717, 1.165) is 43.6 Å². The molecule has 2 aromatic rings. The number of aromatic nitrogens is 6. The van der Waals surface area contributed by atoms with Gasteiger partial charge in [-0.05, 0) is 35.0 Å². The number of hydrogen-bond acceptors (Lipinski definition) is 9. The van der Waals surface area contributed by atoms with Crippen molar-refractivity contribution in [3.05, 3.63) is 16.3 Å². The fraction of sp³-hybridized carbons (Fsp3) is 0.500. The van der Waals surface area contributed by atoms with Gasteiger partial charge in [0.2, 0.25) is 11.1 Å². The van der Waals surface area contributed by atoms with Crippen molar-refractivity contribution in [1.82, 2.24) is 30.2 Å². The van der Waals surface area contributed by atoms with Gasteiger partial charge in [-0.1, -0.05) is 12.8 Å². The van der Waals surface area contributed by atoms with Gasteiger partial charge in [0.15, 0.2) is 5.03 Å². The minimum atomic E-state index is -0.550. The molecule has 2 aromatic heterocycles. The van der Waals surface area contributed by atoms with Crippen molar-refractivity contribution in [2.45, 2.75) is 41.9 Å². The first-order chi connectivity index (χ1) is 10.1.